The Hall–Kier alpha value is -7.56. The molecule has 6 aromatic carbocycles. The van der Waals surface area contributed by atoms with Gasteiger partial charge in [-0.25, -0.2) is 0 Å². The zero-order valence-electron chi connectivity index (χ0n) is 37.5. The van der Waals surface area contributed by atoms with Crippen molar-refractivity contribution in [1.29, 1.82) is 0 Å². The van der Waals surface area contributed by atoms with Crippen LogP contribution in [0.25, 0.3) is 62.5 Å². The molecule has 65 heavy (non-hydrogen) atoms. The average Bonchev–Trinajstić information content (AvgIpc) is 3.87. The SMILES string of the molecule is C/C=C\C=C(/C)n1c2ccccc2c2ccc(N(c3ccccc3)c3ccc(-c4ccc(N(C5=CC=CC(C)C5)[C@H]5C=c6c(c7c(n6-c6ccccc6)C=CCC7)=CC5)cc4)cc3)cc21. The van der Waals surface area contributed by atoms with Crippen LogP contribution in [0.5, 0.6) is 0 Å². The van der Waals surface area contributed by atoms with E-state index >= 15 is 0 Å². The summed E-state index contributed by atoms with van der Waals surface area (Å²) in [5.74, 6) is 0.482. The van der Waals surface area contributed by atoms with Crippen molar-refractivity contribution in [3.8, 4) is 16.8 Å². The van der Waals surface area contributed by atoms with Gasteiger partial charge in [-0.2, -0.15) is 0 Å². The zero-order valence-corrected chi connectivity index (χ0v) is 37.5. The van der Waals surface area contributed by atoms with Gasteiger partial charge in [0.15, 0.2) is 0 Å². The number of aromatic nitrogens is 2. The molecule has 0 fully saturated rings. The number of hydrogen-bond donors (Lipinski definition) is 0. The van der Waals surface area contributed by atoms with E-state index in [9.17, 15) is 0 Å². The molecule has 0 spiro atoms. The van der Waals surface area contributed by atoms with Crippen LogP contribution in [0.15, 0.2) is 200 Å². The molecule has 0 aliphatic heterocycles. The summed E-state index contributed by atoms with van der Waals surface area (Å²) in [6, 6.07) is 55.8. The first-order valence-corrected chi connectivity index (χ1v) is 23.3. The summed E-state index contributed by atoms with van der Waals surface area (Å²) in [4.78, 5) is 4.98. The maximum atomic E-state index is 2.61. The topological polar surface area (TPSA) is 16.3 Å². The monoisotopic (exact) mass is 842 g/mol. The van der Waals surface area contributed by atoms with E-state index in [0.717, 1.165) is 42.7 Å². The first-order chi connectivity index (χ1) is 32.0. The molecule has 2 heterocycles. The minimum Gasteiger partial charge on any atom is -0.338 e. The number of para-hydroxylation sites is 3. The van der Waals surface area contributed by atoms with Crippen LogP contribution in [0.4, 0.5) is 22.7 Å². The third kappa shape index (κ3) is 7.39. The van der Waals surface area contributed by atoms with Gasteiger partial charge in [0.25, 0.3) is 0 Å². The molecular weight excluding hydrogens is 789 g/mol. The Labute approximate surface area is 382 Å². The normalized spacial score (nSPS) is 16.8. The van der Waals surface area contributed by atoms with E-state index in [1.54, 1.807) is 0 Å². The fourth-order valence-corrected chi connectivity index (χ4v) is 10.5. The molecule has 2 atom stereocenters. The van der Waals surface area contributed by atoms with E-state index in [2.05, 4.69) is 252 Å². The van der Waals surface area contributed by atoms with Crippen LogP contribution in [0, 0.1) is 5.92 Å². The van der Waals surface area contributed by atoms with E-state index in [-0.39, 0.29) is 6.04 Å². The van der Waals surface area contributed by atoms with E-state index in [1.807, 2.05) is 0 Å². The number of allylic oxidation sites excluding steroid dienone is 9. The molecule has 0 radical (unpaired) electrons. The Morgan fingerprint density at radius 2 is 1.38 bits per heavy atom. The first-order valence-electron chi connectivity index (χ1n) is 23.3. The highest BCUT2D eigenvalue weighted by molar-refractivity contribution is 6.11. The second kappa shape index (κ2) is 17.2. The average molecular weight is 843 g/mol. The summed E-state index contributed by atoms with van der Waals surface area (Å²) in [5, 5.41) is 5.23. The van der Waals surface area contributed by atoms with Gasteiger partial charge in [-0.05, 0) is 158 Å². The van der Waals surface area contributed by atoms with Crippen molar-refractivity contribution < 1.29 is 0 Å². The van der Waals surface area contributed by atoms with Gasteiger partial charge < -0.3 is 18.9 Å². The molecule has 11 rings (SSSR count). The molecular formula is C61H54N4. The molecule has 1 unspecified atom stereocenters. The second-order valence-corrected chi connectivity index (χ2v) is 17.7. The lowest BCUT2D eigenvalue weighted by Gasteiger charge is -2.36. The quantitative estimate of drug-likeness (QED) is 0.128. The van der Waals surface area contributed by atoms with Gasteiger partial charge in [0.2, 0.25) is 0 Å². The first kappa shape index (κ1) is 40.2. The largest absolute Gasteiger partial charge is 0.338 e. The molecule has 0 N–H and O–H groups in total. The van der Waals surface area contributed by atoms with E-state index in [0.29, 0.717) is 5.92 Å². The molecule has 4 heteroatoms. The van der Waals surface area contributed by atoms with Crippen LogP contribution in [0.2, 0.25) is 0 Å². The van der Waals surface area contributed by atoms with Gasteiger partial charge >= 0.3 is 0 Å². The lowest BCUT2D eigenvalue weighted by Crippen LogP contribution is -2.42. The molecule has 0 amide bonds. The number of anilines is 4. The summed E-state index contributed by atoms with van der Waals surface area (Å²) >= 11 is 0. The van der Waals surface area contributed by atoms with E-state index in [1.165, 1.54) is 77.5 Å². The molecule has 3 aliphatic rings. The molecule has 0 bridgehead atoms. The molecule has 318 valence electrons. The van der Waals surface area contributed by atoms with Crippen molar-refractivity contribution in [2.45, 2.75) is 52.5 Å². The smallest absolute Gasteiger partial charge is 0.0577 e. The second-order valence-electron chi connectivity index (χ2n) is 17.7. The van der Waals surface area contributed by atoms with Crippen LogP contribution < -0.4 is 20.4 Å². The van der Waals surface area contributed by atoms with Crippen molar-refractivity contribution in [3.05, 3.63) is 222 Å². The van der Waals surface area contributed by atoms with Crippen molar-refractivity contribution >= 4 is 68.5 Å². The Balaban J connectivity index is 0.948. The predicted octanol–water partition coefficient (Wildman–Crippen LogP) is 14.4. The fraction of sp³-hybridized carbons (Fsp3) is 0.148. The Kier molecular flexibility index (Phi) is 10.6. The van der Waals surface area contributed by atoms with E-state index in [4.69, 9.17) is 0 Å². The van der Waals surface area contributed by atoms with Crippen molar-refractivity contribution in [1.82, 2.24) is 9.13 Å². The summed E-state index contributed by atoms with van der Waals surface area (Å²) in [6.07, 6.45) is 27.2. The maximum absolute atomic E-state index is 2.61. The lowest BCUT2D eigenvalue weighted by molar-refractivity contribution is 0.658. The molecule has 4 nitrogen and oxygen atoms in total. The van der Waals surface area contributed by atoms with Crippen LogP contribution in [0.3, 0.4) is 0 Å². The summed E-state index contributed by atoms with van der Waals surface area (Å²) in [7, 11) is 0. The van der Waals surface area contributed by atoms with Gasteiger partial charge in [-0.15, -0.1) is 0 Å². The Morgan fingerprint density at radius 1 is 0.708 bits per heavy atom. The number of hydrogen-bond acceptors (Lipinski definition) is 2. The van der Waals surface area contributed by atoms with Gasteiger partial charge in [-0.3, -0.25) is 0 Å². The molecule has 3 aliphatic carbocycles. The van der Waals surface area contributed by atoms with Crippen LogP contribution in [-0.4, -0.2) is 15.2 Å². The summed E-state index contributed by atoms with van der Waals surface area (Å²) < 4.78 is 4.88. The highest BCUT2D eigenvalue weighted by Crippen LogP contribution is 2.40. The van der Waals surface area contributed by atoms with E-state index < -0.39 is 0 Å². The van der Waals surface area contributed by atoms with Gasteiger partial charge in [0.1, 0.15) is 0 Å². The third-order valence-corrected chi connectivity index (χ3v) is 13.5. The predicted molar refractivity (Wildman–Crippen MR) is 278 cm³/mol. The number of nitrogens with zero attached hydrogens (tertiary/aromatic N) is 4. The van der Waals surface area contributed by atoms with Crippen LogP contribution in [0.1, 0.15) is 51.3 Å². The minimum atomic E-state index is 0.179. The standard InChI is InChI=1S/C61H54N4/c1-4-5-18-44(3)62-58-26-14-12-24-54(58)56-38-36-52(41-60(56)62)63(47-19-8-6-9-20-47)49-32-28-45(29-33-49)46-30-34-50(35-31-46)64(51-23-16-17-43(2)40-51)53-37-39-57-55-25-13-15-27-59(55)65(61(57)42-53)48-21-10-7-11-22-48/h4-12,14-24,26-36,38-39,41-43,53H,13,25,37,40H2,1-3H3/b5-4-,44-18+/t43?,53-/m1/s1. The fourth-order valence-electron chi connectivity index (χ4n) is 10.5. The zero-order chi connectivity index (χ0) is 43.9. The highest BCUT2D eigenvalue weighted by Gasteiger charge is 2.27. The molecule has 0 saturated heterocycles. The van der Waals surface area contributed by atoms with Crippen LogP contribution >= 0.6 is 0 Å². The number of rotatable bonds is 10. The van der Waals surface area contributed by atoms with Gasteiger partial charge in [0, 0.05) is 56.3 Å². The Morgan fingerprint density at radius 3 is 2.14 bits per heavy atom. The number of benzene rings is 6. The van der Waals surface area contributed by atoms with Gasteiger partial charge in [0.05, 0.1) is 22.4 Å². The van der Waals surface area contributed by atoms with Gasteiger partial charge in [-0.1, -0.05) is 128 Å². The van der Waals surface area contributed by atoms with Crippen molar-refractivity contribution in [3.63, 3.8) is 0 Å². The lowest BCUT2D eigenvalue weighted by atomic mass is 9.95. The van der Waals surface area contributed by atoms with Crippen molar-refractivity contribution in [2.24, 2.45) is 5.92 Å². The molecule has 2 aromatic heterocycles. The molecule has 0 saturated carbocycles. The number of fused-ring (bicyclic) bond motifs is 6. The Bertz CT molecular complexity index is 3340. The van der Waals surface area contributed by atoms with Crippen molar-refractivity contribution in [2.75, 3.05) is 9.80 Å². The molecule has 8 aromatic rings. The summed E-state index contributed by atoms with van der Waals surface area (Å²) in [5.41, 5.74) is 15.9. The summed E-state index contributed by atoms with van der Waals surface area (Å²) in [6.45, 7) is 6.58. The third-order valence-electron chi connectivity index (χ3n) is 13.5. The maximum Gasteiger partial charge on any atom is 0.0577 e. The highest BCUT2D eigenvalue weighted by atomic mass is 15.2. The minimum absolute atomic E-state index is 0.179. The van der Waals surface area contributed by atoms with Crippen LogP contribution in [-0.2, 0) is 6.42 Å².